The molecule has 0 aliphatic carbocycles. The summed E-state index contributed by atoms with van der Waals surface area (Å²) in [7, 11) is 1.24. The Balaban J connectivity index is 1.64. The minimum atomic E-state index is -1.37. The van der Waals surface area contributed by atoms with E-state index in [2.05, 4.69) is 15.0 Å². The van der Waals surface area contributed by atoms with Crippen LogP contribution >= 0.6 is 23.6 Å². The lowest BCUT2D eigenvalue weighted by atomic mass is 9.95. The van der Waals surface area contributed by atoms with Crippen LogP contribution in [0, 0.1) is 5.92 Å². The molecule has 47 heavy (non-hydrogen) atoms. The Morgan fingerprint density at radius 3 is 2.47 bits per heavy atom. The monoisotopic (exact) mass is 678 g/mol. The zero-order chi connectivity index (χ0) is 33.8. The summed E-state index contributed by atoms with van der Waals surface area (Å²) in [5.74, 6) is -3.44. The molecule has 15 heteroatoms. The van der Waals surface area contributed by atoms with E-state index < -0.39 is 41.3 Å². The molecule has 2 atom stereocenters. The van der Waals surface area contributed by atoms with Gasteiger partial charge >= 0.3 is 11.9 Å². The maximum atomic E-state index is 14.1. The number of hydrogen-bond acceptors (Lipinski definition) is 12. The number of fused-ring (bicyclic) bond motifs is 1. The highest BCUT2D eigenvalue weighted by molar-refractivity contribution is 7.80. The van der Waals surface area contributed by atoms with Crippen LogP contribution in [-0.2, 0) is 28.7 Å². The molecule has 13 nitrogen and oxygen atoms in total. The molecular weight excluding hydrogens is 649 g/mol. The first kappa shape index (κ1) is 33.2. The minimum Gasteiger partial charge on any atom is -0.490 e. The number of anilines is 1. The van der Waals surface area contributed by atoms with Gasteiger partial charge in [0.25, 0.3) is 5.56 Å². The summed E-state index contributed by atoms with van der Waals surface area (Å²) >= 11 is 6.25. The first-order valence-corrected chi connectivity index (χ1v) is 15.7. The highest BCUT2D eigenvalue weighted by Crippen LogP contribution is 2.36. The van der Waals surface area contributed by atoms with Crippen LogP contribution in [0.25, 0.3) is 6.08 Å². The number of allylic oxidation sites excluding steroid dienone is 1. The van der Waals surface area contributed by atoms with E-state index in [0.717, 1.165) is 11.3 Å². The molecule has 3 aromatic rings. The summed E-state index contributed by atoms with van der Waals surface area (Å²) in [6.07, 6.45) is 1.29. The fourth-order valence-corrected chi connectivity index (χ4v) is 6.46. The summed E-state index contributed by atoms with van der Waals surface area (Å²) in [6, 6.07) is 12.4. The van der Waals surface area contributed by atoms with Crippen molar-refractivity contribution in [2.75, 3.05) is 31.8 Å². The van der Waals surface area contributed by atoms with Crippen molar-refractivity contribution in [1.82, 2.24) is 9.88 Å². The Labute approximate surface area is 277 Å². The highest BCUT2D eigenvalue weighted by atomic mass is 32.1. The van der Waals surface area contributed by atoms with E-state index in [0.29, 0.717) is 16.9 Å². The van der Waals surface area contributed by atoms with Gasteiger partial charge < -0.3 is 24.3 Å². The van der Waals surface area contributed by atoms with Gasteiger partial charge in [0.05, 0.1) is 47.9 Å². The predicted octanol–water partition coefficient (Wildman–Crippen LogP) is 1.76. The van der Waals surface area contributed by atoms with Crippen LogP contribution in [0.4, 0.5) is 5.69 Å². The number of benzene rings is 2. The van der Waals surface area contributed by atoms with Gasteiger partial charge in [-0.1, -0.05) is 35.6 Å². The molecule has 1 N–H and O–H groups in total. The zero-order valence-electron chi connectivity index (χ0n) is 25.8. The molecular formula is C32H30N4O9S2. The Bertz CT molecular complexity index is 1980. The summed E-state index contributed by atoms with van der Waals surface area (Å²) in [4.78, 5) is 71.8. The van der Waals surface area contributed by atoms with Gasteiger partial charge in [0.1, 0.15) is 5.92 Å². The van der Waals surface area contributed by atoms with Crippen LogP contribution in [-0.4, -0.2) is 60.4 Å². The van der Waals surface area contributed by atoms with Crippen molar-refractivity contribution >= 4 is 64.2 Å². The lowest BCUT2D eigenvalue weighted by molar-refractivity contribution is -0.143. The average molecular weight is 679 g/mol. The second kappa shape index (κ2) is 14.1. The van der Waals surface area contributed by atoms with Crippen molar-refractivity contribution in [1.29, 1.82) is 0 Å². The second-order valence-electron chi connectivity index (χ2n) is 10.1. The molecule has 2 aromatic carbocycles. The molecule has 1 fully saturated rings. The highest BCUT2D eigenvalue weighted by Gasteiger charge is 2.39. The first-order chi connectivity index (χ1) is 22.6. The summed E-state index contributed by atoms with van der Waals surface area (Å²) in [5, 5.41) is 2.47. The van der Waals surface area contributed by atoms with Crippen LogP contribution in [0.15, 0.2) is 69.6 Å². The van der Waals surface area contributed by atoms with Crippen molar-refractivity contribution in [2.45, 2.75) is 26.8 Å². The number of nitrogens with zero attached hydrogens (tertiary/aromatic N) is 3. The summed E-state index contributed by atoms with van der Waals surface area (Å²) in [5.41, 5.74) is 0.759. The predicted molar refractivity (Wildman–Crippen MR) is 175 cm³/mol. The molecule has 0 unspecified atom stereocenters. The number of thiocarbonyl (C=S) groups is 1. The van der Waals surface area contributed by atoms with Gasteiger partial charge in [-0.3, -0.25) is 23.9 Å². The van der Waals surface area contributed by atoms with Crippen LogP contribution < -0.4 is 34.6 Å². The lowest BCUT2D eigenvalue weighted by Crippen LogP contribution is -2.58. The number of para-hydroxylation sites is 1. The van der Waals surface area contributed by atoms with Crippen LogP contribution in [0.5, 0.6) is 11.5 Å². The van der Waals surface area contributed by atoms with E-state index in [4.69, 9.17) is 26.4 Å². The molecule has 244 valence electrons. The third kappa shape index (κ3) is 6.57. The number of aromatic nitrogens is 1. The van der Waals surface area contributed by atoms with Crippen molar-refractivity contribution < 1.29 is 38.1 Å². The fraction of sp³-hybridized carbons (Fsp3) is 0.281. The third-order valence-corrected chi connectivity index (χ3v) is 8.49. The molecule has 1 saturated heterocycles. The van der Waals surface area contributed by atoms with E-state index in [9.17, 15) is 24.0 Å². The number of ether oxygens (including phenoxy) is 4. The van der Waals surface area contributed by atoms with E-state index in [1.54, 1.807) is 69.3 Å². The first-order valence-electron chi connectivity index (χ1n) is 14.5. The molecule has 5 rings (SSSR count). The smallest absolute Gasteiger partial charge is 0.343 e. The van der Waals surface area contributed by atoms with Gasteiger partial charge in [-0.05, 0) is 68.9 Å². The Morgan fingerprint density at radius 1 is 1.04 bits per heavy atom. The number of thiazole rings is 1. The van der Waals surface area contributed by atoms with Gasteiger partial charge in [-0.25, -0.2) is 14.6 Å². The molecule has 1 aromatic heterocycles. The maximum absolute atomic E-state index is 14.1. The number of carbonyl (C=O) groups is 4. The Morgan fingerprint density at radius 2 is 1.79 bits per heavy atom. The average Bonchev–Trinajstić information content (AvgIpc) is 3.35. The van der Waals surface area contributed by atoms with Gasteiger partial charge in [0.2, 0.25) is 11.8 Å². The number of hydrogen-bond donors (Lipinski definition) is 1. The van der Waals surface area contributed by atoms with Gasteiger partial charge in [-0.15, -0.1) is 0 Å². The Hall–Kier alpha value is -5.15. The SMILES string of the molecule is CCOC(=O)C1=C(C)N=c2s/c(=C\[C@H]3C(=O)NC(=S)N(c4ccccc4)C3=O)c(=O)n2[C@H]1c1ccc(OCC(=O)OC)c(OCC)c1. The Kier molecular flexibility index (Phi) is 9.96. The lowest BCUT2D eigenvalue weighted by Gasteiger charge is -2.31. The molecule has 2 aliphatic heterocycles. The standard InChI is InChI=1S/C32H30N4O9S2/c1-5-43-22-14-18(12-13-21(22)45-16-24(37)42-4)26-25(30(41)44-6-2)17(3)33-32-36(26)29(40)23(47-32)15-20-27(38)34-31(46)35(28(20)39)19-10-8-7-9-11-19/h7-15,20,26H,5-6,16H2,1-4H3,(H,34,38,46)/b23-15-/t20-,26-/m0/s1. The topological polar surface area (TPSA) is 155 Å². The molecule has 3 heterocycles. The number of rotatable bonds is 10. The molecule has 2 amide bonds. The molecule has 2 aliphatic rings. The normalized spacial score (nSPS) is 17.9. The second-order valence-corrected chi connectivity index (χ2v) is 11.5. The number of esters is 2. The van der Waals surface area contributed by atoms with Crippen LogP contribution in [0.2, 0.25) is 0 Å². The summed E-state index contributed by atoms with van der Waals surface area (Å²) in [6.45, 7) is 5.03. The number of methoxy groups -OCH3 is 1. The van der Waals surface area contributed by atoms with E-state index in [1.807, 2.05) is 0 Å². The molecule has 0 saturated carbocycles. The molecule has 0 bridgehead atoms. The maximum Gasteiger partial charge on any atom is 0.343 e. The largest absolute Gasteiger partial charge is 0.490 e. The number of amides is 2. The van der Waals surface area contributed by atoms with Crippen LogP contribution in [0.1, 0.15) is 32.4 Å². The van der Waals surface area contributed by atoms with E-state index in [1.165, 1.54) is 22.7 Å². The quantitative estimate of drug-likeness (QED) is 0.191. The number of nitrogens with one attached hydrogen (secondary N) is 1. The molecule has 0 spiro atoms. The zero-order valence-corrected chi connectivity index (χ0v) is 27.4. The fourth-order valence-electron chi connectivity index (χ4n) is 5.11. The van der Waals surface area contributed by atoms with Gasteiger partial charge in [0.15, 0.2) is 28.0 Å². The van der Waals surface area contributed by atoms with Crippen molar-refractivity contribution in [3.63, 3.8) is 0 Å². The minimum absolute atomic E-state index is 0.0593. The molecule has 0 radical (unpaired) electrons. The van der Waals surface area contributed by atoms with Gasteiger partial charge in [-0.2, -0.15) is 0 Å². The number of carbonyl (C=O) groups excluding carboxylic acids is 4. The van der Waals surface area contributed by atoms with Crippen LogP contribution in [0.3, 0.4) is 0 Å². The summed E-state index contributed by atoms with van der Waals surface area (Å²) < 4.78 is 22.8. The van der Waals surface area contributed by atoms with Crippen molar-refractivity contribution in [2.24, 2.45) is 10.9 Å². The van der Waals surface area contributed by atoms with E-state index in [-0.39, 0.29) is 51.3 Å². The van der Waals surface area contributed by atoms with Crippen molar-refractivity contribution in [3.8, 4) is 11.5 Å². The van der Waals surface area contributed by atoms with Gasteiger partial charge in [0, 0.05) is 0 Å². The van der Waals surface area contributed by atoms with Crippen molar-refractivity contribution in [3.05, 3.63) is 85.1 Å². The third-order valence-electron chi connectivity index (χ3n) is 7.21. The van der Waals surface area contributed by atoms with E-state index >= 15 is 0 Å².